The molecule has 2 aromatic rings. The lowest BCUT2D eigenvalue weighted by Crippen LogP contribution is -2.73. The van der Waals surface area contributed by atoms with E-state index in [-0.39, 0.29) is 17.9 Å². The minimum absolute atomic E-state index is 0.0596. The third kappa shape index (κ3) is 3.30. The molecule has 1 spiro atoms. The number of benzene rings is 1. The number of rotatable bonds is 3. The first-order chi connectivity index (χ1) is 14.5. The van der Waals surface area contributed by atoms with Gasteiger partial charge in [-0.15, -0.1) is 0 Å². The van der Waals surface area contributed by atoms with Crippen molar-refractivity contribution in [1.29, 1.82) is 0 Å². The van der Waals surface area contributed by atoms with Crippen LogP contribution in [0.5, 0.6) is 0 Å². The lowest BCUT2D eigenvalue weighted by molar-refractivity contribution is -0.187. The standard InChI is InChI=1S/C23H29N3O4/c1-15-17-9-5-6-10-19(17)30-20(15)22(28)26-13-23(14-26)12-25(2)18(11-29-23)21(27)24-16-7-3-4-8-16/h5-6,9-10,16,18H,3-4,7-8,11-14H2,1-2H3,(H,24,27). The summed E-state index contributed by atoms with van der Waals surface area (Å²) in [4.78, 5) is 29.5. The highest BCUT2D eigenvalue weighted by molar-refractivity contribution is 5.99. The molecule has 1 aliphatic carbocycles. The molecule has 2 amide bonds. The number of morpholine rings is 1. The van der Waals surface area contributed by atoms with Gasteiger partial charge in [0.25, 0.3) is 5.91 Å². The van der Waals surface area contributed by atoms with Gasteiger partial charge >= 0.3 is 0 Å². The Bertz CT molecular complexity index is 972. The van der Waals surface area contributed by atoms with E-state index in [2.05, 4.69) is 10.2 Å². The molecule has 0 radical (unpaired) electrons. The Kier molecular flexibility index (Phi) is 4.82. The van der Waals surface area contributed by atoms with Gasteiger partial charge in [-0.3, -0.25) is 14.5 Å². The number of hydrogen-bond acceptors (Lipinski definition) is 5. The van der Waals surface area contributed by atoms with Gasteiger partial charge in [-0.25, -0.2) is 0 Å². The Labute approximate surface area is 176 Å². The highest BCUT2D eigenvalue weighted by Crippen LogP contribution is 2.34. The summed E-state index contributed by atoms with van der Waals surface area (Å²) in [6.45, 7) is 3.96. The van der Waals surface area contributed by atoms with Crippen LogP contribution < -0.4 is 5.32 Å². The molecule has 2 aliphatic heterocycles. The molecule has 30 heavy (non-hydrogen) atoms. The van der Waals surface area contributed by atoms with Crippen molar-refractivity contribution in [3.8, 4) is 0 Å². The molecule has 3 aliphatic rings. The largest absolute Gasteiger partial charge is 0.451 e. The van der Waals surface area contributed by atoms with Gasteiger partial charge in [0.2, 0.25) is 5.91 Å². The van der Waals surface area contributed by atoms with Crippen molar-refractivity contribution in [3.05, 3.63) is 35.6 Å². The van der Waals surface area contributed by atoms with E-state index >= 15 is 0 Å². The summed E-state index contributed by atoms with van der Waals surface area (Å²) in [6.07, 6.45) is 4.54. The molecule has 0 bridgehead atoms. The quantitative estimate of drug-likeness (QED) is 0.839. The first-order valence-corrected chi connectivity index (χ1v) is 10.9. The predicted octanol–water partition coefficient (Wildman–Crippen LogP) is 2.33. The van der Waals surface area contributed by atoms with Crippen LogP contribution in [-0.4, -0.2) is 72.6 Å². The lowest BCUT2D eigenvalue weighted by atomic mass is 9.90. The first kappa shape index (κ1) is 19.6. The van der Waals surface area contributed by atoms with E-state index in [9.17, 15) is 9.59 Å². The number of aryl methyl sites for hydroxylation is 1. The van der Waals surface area contributed by atoms with E-state index in [4.69, 9.17) is 9.15 Å². The van der Waals surface area contributed by atoms with Gasteiger partial charge in [0, 0.05) is 23.5 Å². The summed E-state index contributed by atoms with van der Waals surface area (Å²) < 4.78 is 12.0. The van der Waals surface area contributed by atoms with Crippen molar-refractivity contribution in [3.63, 3.8) is 0 Å². The number of ether oxygens (including phenoxy) is 1. The van der Waals surface area contributed by atoms with Gasteiger partial charge in [-0.05, 0) is 32.9 Å². The number of amides is 2. The van der Waals surface area contributed by atoms with Crippen molar-refractivity contribution in [2.45, 2.75) is 50.3 Å². The zero-order valence-corrected chi connectivity index (χ0v) is 17.6. The molecule has 1 saturated carbocycles. The molecule has 1 unspecified atom stereocenters. The van der Waals surface area contributed by atoms with Crippen LogP contribution in [0, 0.1) is 6.92 Å². The van der Waals surface area contributed by atoms with Crippen molar-refractivity contribution in [1.82, 2.24) is 15.1 Å². The lowest BCUT2D eigenvalue weighted by Gasteiger charge is -2.54. The fourth-order valence-electron chi connectivity index (χ4n) is 5.14. The summed E-state index contributed by atoms with van der Waals surface area (Å²) >= 11 is 0. The number of carbonyl (C=O) groups excluding carboxylic acids is 2. The molecule has 160 valence electrons. The van der Waals surface area contributed by atoms with Crippen LogP contribution in [0.1, 0.15) is 41.8 Å². The highest BCUT2D eigenvalue weighted by Gasteiger charge is 2.52. The van der Waals surface area contributed by atoms with E-state index in [1.165, 1.54) is 12.8 Å². The second-order valence-electron chi connectivity index (χ2n) is 9.13. The zero-order chi connectivity index (χ0) is 20.9. The van der Waals surface area contributed by atoms with Crippen LogP contribution in [-0.2, 0) is 9.53 Å². The summed E-state index contributed by atoms with van der Waals surface area (Å²) in [6, 6.07) is 7.75. The van der Waals surface area contributed by atoms with Crippen LogP contribution in [0.2, 0.25) is 0 Å². The molecule has 3 heterocycles. The number of carbonyl (C=O) groups is 2. The Hall–Kier alpha value is -2.38. The van der Waals surface area contributed by atoms with Crippen LogP contribution in [0.15, 0.2) is 28.7 Å². The number of fused-ring (bicyclic) bond motifs is 1. The maximum atomic E-state index is 13.0. The normalized spacial score (nSPS) is 24.3. The van der Waals surface area contributed by atoms with Gasteiger partial charge in [-0.2, -0.15) is 0 Å². The minimum Gasteiger partial charge on any atom is -0.451 e. The molecule has 7 nitrogen and oxygen atoms in total. The fraction of sp³-hybridized carbons (Fsp3) is 0.565. The van der Waals surface area contributed by atoms with E-state index in [0.29, 0.717) is 38.0 Å². The molecule has 1 aromatic heterocycles. The topological polar surface area (TPSA) is 75.0 Å². The number of nitrogens with one attached hydrogen (secondary N) is 1. The first-order valence-electron chi connectivity index (χ1n) is 10.9. The van der Waals surface area contributed by atoms with Crippen molar-refractivity contribution in [2.24, 2.45) is 0 Å². The van der Waals surface area contributed by atoms with Crippen molar-refractivity contribution in [2.75, 3.05) is 33.3 Å². The SMILES string of the molecule is Cc1c(C(=O)N2CC3(C2)CN(C)C(C(=O)NC2CCCC2)CO3)oc2ccccc12. The van der Waals surface area contributed by atoms with Crippen molar-refractivity contribution < 1.29 is 18.7 Å². The Morgan fingerprint density at radius 1 is 1.13 bits per heavy atom. The van der Waals surface area contributed by atoms with E-state index in [0.717, 1.165) is 29.4 Å². The number of likely N-dealkylation sites (N-methyl/N-ethyl adjacent to an activating group) is 1. The molecule has 1 atom stereocenters. The van der Waals surface area contributed by atoms with Gasteiger partial charge < -0.3 is 19.4 Å². The molecule has 7 heteroatoms. The second kappa shape index (κ2) is 7.39. The summed E-state index contributed by atoms with van der Waals surface area (Å²) in [5, 5.41) is 4.15. The summed E-state index contributed by atoms with van der Waals surface area (Å²) in [5.74, 6) is 0.370. The van der Waals surface area contributed by atoms with Gasteiger partial charge in [0.05, 0.1) is 19.7 Å². The van der Waals surface area contributed by atoms with Gasteiger partial charge in [-0.1, -0.05) is 31.0 Å². The minimum atomic E-state index is -0.394. The summed E-state index contributed by atoms with van der Waals surface area (Å²) in [7, 11) is 1.97. The average molecular weight is 412 g/mol. The van der Waals surface area contributed by atoms with Crippen LogP contribution in [0.25, 0.3) is 11.0 Å². The monoisotopic (exact) mass is 411 g/mol. The number of likely N-dealkylation sites (tertiary alicyclic amines) is 1. The fourth-order valence-corrected chi connectivity index (χ4v) is 5.14. The number of hydrogen-bond donors (Lipinski definition) is 1. The predicted molar refractivity (Wildman–Crippen MR) is 112 cm³/mol. The van der Waals surface area contributed by atoms with E-state index in [1.54, 1.807) is 4.90 Å². The molecular weight excluding hydrogens is 382 g/mol. The van der Waals surface area contributed by atoms with Crippen LogP contribution in [0.4, 0.5) is 0 Å². The molecule has 1 N–H and O–H groups in total. The average Bonchev–Trinajstić information content (AvgIpc) is 3.33. The number of para-hydroxylation sites is 1. The molecule has 5 rings (SSSR count). The van der Waals surface area contributed by atoms with Crippen molar-refractivity contribution >= 4 is 22.8 Å². The van der Waals surface area contributed by atoms with E-state index < -0.39 is 5.60 Å². The molecule has 1 aromatic carbocycles. The Morgan fingerprint density at radius 3 is 2.57 bits per heavy atom. The van der Waals surface area contributed by atoms with Gasteiger partial charge in [0.15, 0.2) is 5.76 Å². The highest BCUT2D eigenvalue weighted by atomic mass is 16.5. The Morgan fingerprint density at radius 2 is 1.87 bits per heavy atom. The summed E-state index contributed by atoms with van der Waals surface area (Å²) in [5.41, 5.74) is 1.22. The van der Waals surface area contributed by atoms with E-state index in [1.807, 2.05) is 38.2 Å². The van der Waals surface area contributed by atoms with Crippen LogP contribution in [0.3, 0.4) is 0 Å². The maximum absolute atomic E-state index is 13.0. The third-order valence-corrected chi connectivity index (χ3v) is 6.90. The Balaban J connectivity index is 1.20. The second-order valence-corrected chi connectivity index (χ2v) is 9.13. The molecule has 2 saturated heterocycles. The third-order valence-electron chi connectivity index (χ3n) is 6.90. The molecule has 3 fully saturated rings. The zero-order valence-electron chi connectivity index (χ0n) is 17.6. The van der Waals surface area contributed by atoms with Crippen LogP contribution >= 0.6 is 0 Å². The number of furan rings is 1. The number of nitrogens with zero attached hydrogens (tertiary/aromatic N) is 2. The molecular formula is C23H29N3O4. The smallest absolute Gasteiger partial charge is 0.290 e. The maximum Gasteiger partial charge on any atom is 0.290 e. The van der Waals surface area contributed by atoms with Gasteiger partial charge in [0.1, 0.15) is 17.2 Å².